The van der Waals surface area contributed by atoms with Crippen LogP contribution in [0.3, 0.4) is 0 Å². The monoisotopic (exact) mass is 380 g/mol. The molecule has 0 spiro atoms. The summed E-state index contributed by atoms with van der Waals surface area (Å²) in [5.74, 6) is 1.43. The molecule has 0 atom stereocenters. The molecule has 3 rings (SSSR count). The lowest BCUT2D eigenvalue weighted by molar-refractivity contribution is -0.128. The Bertz CT molecular complexity index is 825. The molecule has 2 aromatic rings. The standard InChI is InChI=1S/C23H28N2O3/c1-18(15-20-9-10-21(27-2)22(16-20)28-3)23(26)25-13-11-24(12-14-25)17-19-7-5-4-6-8-19/h4-10,15-16H,11-14,17H2,1-3H3/b18-15+. The maximum atomic E-state index is 12.8. The highest BCUT2D eigenvalue weighted by molar-refractivity contribution is 5.97. The van der Waals surface area contributed by atoms with Gasteiger partial charge in [0.1, 0.15) is 0 Å². The van der Waals surface area contributed by atoms with E-state index in [1.165, 1.54) is 5.56 Å². The van der Waals surface area contributed by atoms with Gasteiger partial charge in [0.05, 0.1) is 14.2 Å². The van der Waals surface area contributed by atoms with E-state index < -0.39 is 0 Å². The molecule has 1 heterocycles. The van der Waals surface area contributed by atoms with Crippen LogP contribution in [0.2, 0.25) is 0 Å². The van der Waals surface area contributed by atoms with Crippen LogP contribution in [0.15, 0.2) is 54.1 Å². The Morgan fingerprint density at radius 2 is 1.64 bits per heavy atom. The van der Waals surface area contributed by atoms with E-state index in [-0.39, 0.29) is 5.91 Å². The Morgan fingerprint density at radius 3 is 2.29 bits per heavy atom. The van der Waals surface area contributed by atoms with Gasteiger partial charge in [0.2, 0.25) is 5.91 Å². The molecule has 1 aliphatic heterocycles. The lowest BCUT2D eigenvalue weighted by atomic mass is 10.1. The summed E-state index contributed by atoms with van der Waals surface area (Å²) in [5, 5.41) is 0. The van der Waals surface area contributed by atoms with Crippen molar-refractivity contribution in [2.45, 2.75) is 13.5 Å². The zero-order chi connectivity index (χ0) is 19.9. The number of ether oxygens (including phenoxy) is 2. The van der Waals surface area contributed by atoms with Crippen molar-refractivity contribution < 1.29 is 14.3 Å². The smallest absolute Gasteiger partial charge is 0.249 e. The summed E-state index contributed by atoms with van der Waals surface area (Å²) in [6, 6.07) is 16.1. The average molecular weight is 380 g/mol. The van der Waals surface area contributed by atoms with E-state index in [1.54, 1.807) is 14.2 Å². The fraction of sp³-hybridized carbons (Fsp3) is 0.348. The number of hydrogen-bond acceptors (Lipinski definition) is 4. The highest BCUT2D eigenvalue weighted by Crippen LogP contribution is 2.28. The summed E-state index contributed by atoms with van der Waals surface area (Å²) in [5.41, 5.74) is 2.96. The first-order valence-corrected chi connectivity index (χ1v) is 9.56. The Labute approximate surface area is 167 Å². The van der Waals surface area contributed by atoms with Gasteiger partial charge in [-0.15, -0.1) is 0 Å². The summed E-state index contributed by atoms with van der Waals surface area (Å²) in [7, 11) is 3.22. The number of benzene rings is 2. The number of methoxy groups -OCH3 is 2. The number of nitrogens with zero attached hydrogens (tertiary/aromatic N) is 2. The highest BCUT2D eigenvalue weighted by Gasteiger charge is 2.22. The van der Waals surface area contributed by atoms with Crippen LogP contribution in [0.5, 0.6) is 11.5 Å². The summed E-state index contributed by atoms with van der Waals surface area (Å²) in [4.78, 5) is 17.2. The van der Waals surface area contributed by atoms with Crippen LogP contribution >= 0.6 is 0 Å². The van der Waals surface area contributed by atoms with Crippen molar-refractivity contribution in [2.24, 2.45) is 0 Å². The van der Waals surface area contributed by atoms with E-state index in [0.29, 0.717) is 11.5 Å². The number of piperazine rings is 1. The van der Waals surface area contributed by atoms with Gasteiger partial charge in [0, 0.05) is 38.3 Å². The first kappa shape index (κ1) is 20.0. The van der Waals surface area contributed by atoms with Crippen LogP contribution in [0.25, 0.3) is 6.08 Å². The van der Waals surface area contributed by atoms with Crippen molar-refractivity contribution in [2.75, 3.05) is 40.4 Å². The topological polar surface area (TPSA) is 42.0 Å². The maximum Gasteiger partial charge on any atom is 0.249 e. The lowest BCUT2D eigenvalue weighted by Crippen LogP contribution is -2.48. The second-order valence-electron chi connectivity index (χ2n) is 7.00. The zero-order valence-electron chi connectivity index (χ0n) is 16.9. The first-order valence-electron chi connectivity index (χ1n) is 9.56. The van der Waals surface area contributed by atoms with E-state index in [0.717, 1.165) is 43.9 Å². The molecule has 0 aromatic heterocycles. The predicted molar refractivity (Wildman–Crippen MR) is 111 cm³/mol. The van der Waals surface area contributed by atoms with Crippen molar-refractivity contribution in [1.29, 1.82) is 0 Å². The fourth-order valence-corrected chi connectivity index (χ4v) is 3.45. The van der Waals surface area contributed by atoms with Gasteiger partial charge in [-0.05, 0) is 36.3 Å². The third-order valence-corrected chi connectivity index (χ3v) is 5.04. The average Bonchev–Trinajstić information content (AvgIpc) is 2.74. The van der Waals surface area contributed by atoms with Gasteiger partial charge in [-0.3, -0.25) is 9.69 Å². The Hall–Kier alpha value is -2.79. The van der Waals surface area contributed by atoms with Crippen LogP contribution in [-0.4, -0.2) is 56.1 Å². The normalized spacial score (nSPS) is 15.4. The molecule has 0 radical (unpaired) electrons. The van der Waals surface area contributed by atoms with Gasteiger partial charge in [-0.2, -0.15) is 0 Å². The first-order chi connectivity index (χ1) is 13.6. The summed E-state index contributed by atoms with van der Waals surface area (Å²) >= 11 is 0. The second-order valence-corrected chi connectivity index (χ2v) is 7.00. The van der Waals surface area contributed by atoms with Crippen LogP contribution in [0.4, 0.5) is 0 Å². The van der Waals surface area contributed by atoms with Crippen molar-refractivity contribution >= 4 is 12.0 Å². The minimum absolute atomic E-state index is 0.0918. The number of amides is 1. The van der Waals surface area contributed by atoms with Crippen molar-refractivity contribution in [3.63, 3.8) is 0 Å². The molecule has 0 aliphatic carbocycles. The summed E-state index contributed by atoms with van der Waals surface area (Å²) < 4.78 is 10.6. The third-order valence-electron chi connectivity index (χ3n) is 5.04. The van der Waals surface area contributed by atoms with E-state index in [2.05, 4.69) is 29.2 Å². The predicted octanol–water partition coefficient (Wildman–Crippen LogP) is 3.45. The van der Waals surface area contributed by atoms with Gasteiger partial charge < -0.3 is 14.4 Å². The Morgan fingerprint density at radius 1 is 0.964 bits per heavy atom. The molecule has 2 aromatic carbocycles. The zero-order valence-corrected chi connectivity index (χ0v) is 16.9. The van der Waals surface area contributed by atoms with Crippen molar-refractivity contribution in [1.82, 2.24) is 9.80 Å². The van der Waals surface area contributed by atoms with Crippen molar-refractivity contribution in [3.05, 3.63) is 65.2 Å². The molecule has 1 aliphatic rings. The van der Waals surface area contributed by atoms with Gasteiger partial charge in [-0.1, -0.05) is 36.4 Å². The SMILES string of the molecule is COc1ccc(/C=C(\C)C(=O)N2CCN(Cc3ccccc3)CC2)cc1OC. The van der Waals surface area contributed by atoms with E-state index in [1.807, 2.05) is 42.2 Å². The third kappa shape index (κ3) is 4.93. The van der Waals surface area contributed by atoms with Gasteiger partial charge in [-0.25, -0.2) is 0 Å². The highest BCUT2D eigenvalue weighted by atomic mass is 16.5. The summed E-state index contributed by atoms with van der Waals surface area (Å²) in [6.45, 7) is 6.10. The van der Waals surface area contributed by atoms with Crippen LogP contribution in [0.1, 0.15) is 18.1 Å². The van der Waals surface area contributed by atoms with Gasteiger partial charge in [0.25, 0.3) is 0 Å². The molecule has 1 saturated heterocycles. The minimum atomic E-state index is 0.0918. The molecule has 0 saturated carbocycles. The molecule has 1 amide bonds. The molecule has 0 unspecified atom stereocenters. The molecule has 1 fully saturated rings. The Kier molecular flexibility index (Phi) is 6.71. The molecule has 5 heteroatoms. The number of carbonyl (C=O) groups is 1. The quantitative estimate of drug-likeness (QED) is 0.720. The lowest BCUT2D eigenvalue weighted by Gasteiger charge is -2.35. The van der Waals surface area contributed by atoms with Crippen molar-refractivity contribution in [3.8, 4) is 11.5 Å². The van der Waals surface area contributed by atoms with Crippen LogP contribution in [0, 0.1) is 0 Å². The molecule has 148 valence electrons. The van der Waals surface area contributed by atoms with Crippen LogP contribution in [-0.2, 0) is 11.3 Å². The second kappa shape index (κ2) is 9.42. The summed E-state index contributed by atoms with van der Waals surface area (Å²) in [6.07, 6.45) is 1.90. The van der Waals surface area contributed by atoms with Gasteiger partial charge in [0.15, 0.2) is 11.5 Å². The number of hydrogen-bond donors (Lipinski definition) is 0. The molecule has 0 bridgehead atoms. The van der Waals surface area contributed by atoms with E-state index in [4.69, 9.17) is 9.47 Å². The van der Waals surface area contributed by atoms with E-state index in [9.17, 15) is 4.79 Å². The molecular weight excluding hydrogens is 352 g/mol. The number of carbonyl (C=O) groups excluding carboxylic acids is 1. The molecule has 5 nitrogen and oxygen atoms in total. The van der Waals surface area contributed by atoms with Gasteiger partial charge >= 0.3 is 0 Å². The number of rotatable bonds is 6. The van der Waals surface area contributed by atoms with E-state index >= 15 is 0 Å². The largest absolute Gasteiger partial charge is 0.493 e. The minimum Gasteiger partial charge on any atom is -0.493 e. The Balaban J connectivity index is 1.59. The maximum absolute atomic E-state index is 12.8. The van der Waals surface area contributed by atoms with Crippen LogP contribution < -0.4 is 9.47 Å². The molecule has 0 N–H and O–H groups in total. The molecular formula is C23H28N2O3. The fourth-order valence-electron chi connectivity index (χ4n) is 3.45. The molecule has 28 heavy (non-hydrogen) atoms.